The number of hydrogen-bond donors (Lipinski definition) is 1. The highest BCUT2D eigenvalue weighted by atomic mass is 32.2. The molecule has 198 valence electrons. The third-order valence-corrected chi connectivity index (χ3v) is 7.07. The Morgan fingerprint density at radius 3 is 2.05 bits per heavy atom. The Balaban J connectivity index is 1.48. The van der Waals surface area contributed by atoms with E-state index in [-0.39, 0.29) is 22.7 Å². The SMILES string of the molecule is CCOC(=O)[C@@H](Cc1ccc(CCOc2ccc(OS(C)(=O)=O)cc2)cc1)SCCc1ccc(O)cc1. The molecule has 0 saturated heterocycles. The Kier molecular flexibility index (Phi) is 10.7. The molecule has 0 bridgehead atoms. The van der Waals surface area contributed by atoms with Gasteiger partial charge >= 0.3 is 16.1 Å². The molecule has 0 amide bonds. The van der Waals surface area contributed by atoms with Crippen molar-refractivity contribution in [3.8, 4) is 17.2 Å². The first kappa shape index (κ1) is 28.4. The van der Waals surface area contributed by atoms with Gasteiger partial charge in [-0.05, 0) is 78.6 Å². The van der Waals surface area contributed by atoms with E-state index in [0.717, 1.165) is 35.1 Å². The molecule has 0 saturated carbocycles. The highest BCUT2D eigenvalue weighted by molar-refractivity contribution is 8.00. The fourth-order valence-electron chi connectivity index (χ4n) is 3.54. The highest BCUT2D eigenvalue weighted by Crippen LogP contribution is 2.22. The Labute approximate surface area is 222 Å². The maximum Gasteiger partial charge on any atom is 0.319 e. The van der Waals surface area contributed by atoms with Gasteiger partial charge in [-0.2, -0.15) is 8.42 Å². The molecule has 0 fully saturated rings. The summed E-state index contributed by atoms with van der Waals surface area (Å²) in [5.41, 5.74) is 3.27. The van der Waals surface area contributed by atoms with E-state index in [4.69, 9.17) is 13.7 Å². The summed E-state index contributed by atoms with van der Waals surface area (Å²) in [4.78, 5) is 12.5. The van der Waals surface area contributed by atoms with Crippen LogP contribution in [0.4, 0.5) is 0 Å². The van der Waals surface area contributed by atoms with Gasteiger partial charge in [0, 0.05) is 6.42 Å². The van der Waals surface area contributed by atoms with Gasteiger partial charge in [-0.3, -0.25) is 4.79 Å². The zero-order valence-corrected chi connectivity index (χ0v) is 22.6. The topological polar surface area (TPSA) is 99.1 Å². The summed E-state index contributed by atoms with van der Waals surface area (Å²) in [6, 6.07) is 21.7. The van der Waals surface area contributed by atoms with Crippen molar-refractivity contribution in [3.63, 3.8) is 0 Å². The minimum absolute atomic E-state index is 0.205. The number of phenols is 1. The molecule has 7 nitrogen and oxygen atoms in total. The third kappa shape index (κ3) is 10.4. The predicted molar refractivity (Wildman–Crippen MR) is 146 cm³/mol. The number of rotatable bonds is 14. The smallest absolute Gasteiger partial charge is 0.319 e. The van der Waals surface area contributed by atoms with Crippen LogP contribution in [-0.4, -0.2) is 50.0 Å². The number of esters is 1. The van der Waals surface area contributed by atoms with Gasteiger partial charge in [-0.15, -0.1) is 11.8 Å². The summed E-state index contributed by atoms with van der Waals surface area (Å²) in [6.45, 7) is 2.62. The van der Waals surface area contributed by atoms with Gasteiger partial charge in [-0.1, -0.05) is 36.4 Å². The number of thioether (sulfide) groups is 1. The zero-order chi connectivity index (χ0) is 26.7. The van der Waals surface area contributed by atoms with Crippen LogP contribution in [-0.2, 0) is 38.9 Å². The first-order valence-electron chi connectivity index (χ1n) is 12.0. The fourth-order valence-corrected chi connectivity index (χ4v) is 5.15. The number of carbonyl (C=O) groups is 1. The number of aryl methyl sites for hydroxylation is 1. The van der Waals surface area contributed by atoms with Crippen molar-refractivity contribution in [1.29, 1.82) is 0 Å². The molecule has 0 aliphatic rings. The van der Waals surface area contributed by atoms with E-state index in [2.05, 4.69) is 0 Å². The van der Waals surface area contributed by atoms with Crippen LogP contribution < -0.4 is 8.92 Å². The average molecular weight is 545 g/mol. The molecule has 0 aromatic heterocycles. The zero-order valence-electron chi connectivity index (χ0n) is 21.0. The molecule has 9 heteroatoms. The summed E-state index contributed by atoms with van der Waals surface area (Å²) in [7, 11) is -3.56. The summed E-state index contributed by atoms with van der Waals surface area (Å²) >= 11 is 1.58. The van der Waals surface area contributed by atoms with Crippen molar-refractivity contribution in [2.24, 2.45) is 0 Å². The summed E-state index contributed by atoms with van der Waals surface area (Å²) in [5.74, 6) is 1.67. The van der Waals surface area contributed by atoms with Crippen molar-refractivity contribution in [2.75, 3.05) is 25.2 Å². The van der Waals surface area contributed by atoms with E-state index in [0.29, 0.717) is 31.8 Å². The fraction of sp³-hybridized carbons (Fsp3) is 0.321. The lowest BCUT2D eigenvalue weighted by molar-refractivity contribution is -0.142. The van der Waals surface area contributed by atoms with Gasteiger partial charge in [-0.25, -0.2) is 0 Å². The van der Waals surface area contributed by atoms with Crippen LogP contribution in [0.15, 0.2) is 72.8 Å². The van der Waals surface area contributed by atoms with Crippen molar-refractivity contribution in [2.45, 2.75) is 31.4 Å². The Morgan fingerprint density at radius 1 is 0.865 bits per heavy atom. The van der Waals surface area contributed by atoms with Crippen molar-refractivity contribution < 1.29 is 32.0 Å². The second kappa shape index (κ2) is 13.9. The molecule has 1 atom stereocenters. The van der Waals surface area contributed by atoms with Crippen LogP contribution >= 0.6 is 11.8 Å². The predicted octanol–water partition coefficient (Wildman–Crippen LogP) is 4.80. The lowest BCUT2D eigenvalue weighted by Gasteiger charge is -2.16. The molecule has 0 spiro atoms. The van der Waals surface area contributed by atoms with Gasteiger partial charge in [0.1, 0.15) is 22.5 Å². The highest BCUT2D eigenvalue weighted by Gasteiger charge is 2.21. The molecule has 0 aliphatic heterocycles. The number of phenolic OH excluding ortho intramolecular Hbond substituents is 1. The second-order valence-electron chi connectivity index (χ2n) is 8.41. The molecule has 3 aromatic carbocycles. The van der Waals surface area contributed by atoms with Gasteiger partial charge in [0.25, 0.3) is 0 Å². The minimum atomic E-state index is -3.56. The van der Waals surface area contributed by atoms with E-state index in [1.54, 1.807) is 48.2 Å². The Hall–Kier alpha value is -3.17. The number of carbonyl (C=O) groups excluding carboxylic acids is 1. The quantitative estimate of drug-likeness (QED) is 0.228. The van der Waals surface area contributed by atoms with Crippen LogP contribution in [0.5, 0.6) is 17.2 Å². The summed E-state index contributed by atoms with van der Waals surface area (Å²) < 4.78 is 38.2. The number of benzene rings is 3. The standard InChI is InChI=1S/C28H32O7S2/c1-3-33-28(30)27(36-19-17-22-8-10-24(29)11-9-22)20-23-6-4-21(5-7-23)16-18-34-25-12-14-26(15-13-25)35-37(2,31)32/h4-15,27,29H,3,16-20H2,1-2H3/t27-/m1/s1. The van der Waals surface area contributed by atoms with Crippen LogP contribution in [0.25, 0.3) is 0 Å². The summed E-state index contributed by atoms with van der Waals surface area (Å²) in [5, 5.41) is 9.14. The second-order valence-corrected chi connectivity index (χ2v) is 11.3. The normalized spacial score (nSPS) is 12.1. The summed E-state index contributed by atoms with van der Waals surface area (Å²) in [6.07, 6.45) is 3.08. The van der Waals surface area contributed by atoms with E-state index in [1.807, 2.05) is 43.3 Å². The molecule has 0 unspecified atom stereocenters. The van der Waals surface area contributed by atoms with E-state index in [1.165, 1.54) is 0 Å². The molecule has 1 N–H and O–H groups in total. The molecule has 0 radical (unpaired) electrons. The molecule has 3 aromatic rings. The first-order valence-corrected chi connectivity index (χ1v) is 14.8. The molecular formula is C28H32O7S2. The average Bonchev–Trinajstić information content (AvgIpc) is 2.86. The van der Waals surface area contributed by atoms with Gasteiger partial charge in [0.2, 0.25) is 0 Å². The van der Waals surface area contributed by atoms with Crippen LogP contribution in [0, 0.1) is 0 Å². The molecule has 37 heavy (non-hydrogen) atoms. The third-order valence-electron chi connectivity index (χ3n) is 5.37. The number of aromatic hydroxyl groups is 1. The lowest BCUT2D eigenvalue weighted by Crippen LogP contribution is -2.23. The van der Waals surface area contributed by atoms with Crippen molar-refractivity contribution >= 4 is 27.8 Å². The van der Waals surface area contributed by atoms with Gasteiger partial charge in [0.05, 0.1) is 19.5 Å². The van der Waals surface area contributed by atoms with Crippen LogP contribution in [0.2, 0.25) is 0 Å². The maximum atomic E-state index is 12.5. The largest absolute Gasteiger partial charge is 0.508 e. The lowest BCUT2D eigenvalue weighted by atomic mass is 10.1. The van der Waals surface area contributed by atoms with Crippen LogP contribution in [0.1, 0.15) is 23.6 Å². The van der Waals surface area contributed by atoms with Crippen molar-refractivity contribution in [1.82, 2.24) is 0 Å². The minimum Gasteiger partial charge on any atom is -0.508 e. The number of hydrogen-bond acceptors (Lipinski definition) is 8. The van der Waals surface area contributed by atoms with E-state index in [9.17, 15) is 18.3 Å². The van der Waals surface area contributed by atoms with E-state index >= 15 is 0 Å². The van der Waals surface area contributed by atoms with Crippen LogP contribution in [0.3, 0.4) is 0 Å². The van der Waals surface area contributed by atoms with Gasteiger partial charge < -0.3 is 18.8 Å². The molecule has 0 aliphatic carbocycles. The molecule has 0 heterocycles. The Morgan fingerprint density at radius 2 is 1.43 bits per heavy atom. The molecular weight excluding hydrogens is 512 g/mol. The van der Waals surface area contributed by atoms with Gasteiger partial charge in [0.15, 0.2) is 0 Å². The molecule has 3 rings (SSSR count). The Bertz CT molecular complexity index is 1220. The number of ether oxygens (including phenoxy) is 2. The maximum absolute atomic E-state index is 12.5. The van der Waals surface area contributed by atoms with Crippen molar-refractivity contribution in [3.05, 3.63) is 89.5 Å². The van der Waals surface area contributed by atoms with E-state index < -0.39 is 10.1 Å². The monoisotopic (exact) mass is 544 g/mol. The first-order chi connectivity index (χ1) is 17.7.